The highest BCUT2D eigenvalue weighted by Crippen LogP contribution is 2.28. The maximum atomic E-state index is 14.0. The molecule has 0 N–H and O–H groups in total. The Labute approximate surface area is 124 Å². The summed E-state index contributed by atoms with van der Waals surface area (Å²) < 4.78 is 21.8. The van der Waals surface area contributed by atoms with Crippen LogP contribution in [-0.2, 0) is 0 Å². The molecule has 0 saturated carbocycles. The van der Waals surface area contributed by atoms with Crippen LogP contribution < -0.4 is 4.74 Å². The Hall–Kier alpha value is -1.88. The standard InChI is InChI=1S/C15H12BrFN2O/c1-2-20-13-7-6-10(9-11(13)17)15-18-14(16)12-5-3-4-8-19(12)15/h3-9H,2H2,1H3. The van der Waals surface area contributed by atoms with Crippen molar-refractivity contribution in [1.29, 1.82) is 0 Å². The lowest BCUT2D eigenvalue weighted by Gasteiger charge is -2.06. The molecule has 0 atom stereocenters. The minimum Gasteiger partial charge on any atom is -0.491 e. The Kier molecular flexibility index (Phi) is 3.44. The van der Waals surface area contributed by atoms with Crippen molar-refractivity contribution < 1.29 is 9.13 Å². The largest absolute Gasteiger partial charge is 0.491 e. The average Bonchev–Trinajstić information content (AvgIpc) is 2.79. The highest BCUT2D eigenvalue weighted by molar-refractivity contribution is 9.10. The van der Waals surface area contributed by atoms with Gasteiger partial charge in [-0.25, -0.2) is 9.37 Å². The molecule has 5 heteroatoms. The van der Waals surface area contributed by atoms with Crippen molar-refractivity contribution in [2.75, 3.05) is 6.61 Å². The van der Waals surface area contributed by atoms with Crippen molar-refractivity contribution in [1.82, 2.24) is 9.38 Å². The predicted octanol–water partition coefficient (Wildman–Crippen LogP) is 4.30. The smallest absolute Gasteiger partial charge is 0.165 e. The Morgan fingerprint density at radius 3 is 2.90 bits per heavy atom. The molecule has 0 aliphatic heterocycles. The summed E-state index contributed by atoms with van der Waals surface area (Å²) in [7, 11) is 0. The summed E-state index contributed by atoms with van der Waals surface area (Å²) in [5, 5.41) is 0. The summed E-state index contributed by atoms with van der Waals surface area (Å²) in [4.78, 5) is 4.45. The molecule has 20 heavy (non-hydrogen) atoms. The van der Waals surface area contributed by atoms with Gasteiger partial charge in [0.05, 0.1) is 12.1 Å². The molecule has 0 aliphatic carbocycles. The van der Waals surface area contributed by atoms with Gasteiger partial charge in [-0.05, 0) is 53.2 Å². The molecule has 3 aromatic rings. The Morgan fingerprint density at radius 2 is 2.15 bits per heavy atom. The maximum Gasteiger partial charge on any atom is 0.165 e. The first-order valence-electron chi connectivity index (χ1n) is 6.26. The van der Waals surface area contributed by atoms with Gasteiger partial charge >= 0.3 is 0 Å². The van der Waals surface area contributed by atoms with Crippen LogP contribution in [-0.4, -0.2) is 16.0 Å². The predicted molar refractivity (Wildman–Crippen MR) is 79.5 cm³/mol. The third-order valence-electron chi connectivity index (χ3n) is 2.99. The zero-order chi connectivity index (χ0) is 14.1. The van der Waals surface area contributed by atoms with Gasteiger partial charge < -0.3 is 4.74 Å². The SMILES string of the molecule is CCOc1ccc(-c2nc(Br)c3ccccn23)cc1F. The number of aromatic nitrogens is 2. The van der Waals surface area contributed by atoms with E-state index in [1.807, 2.05) is 41.8 Å². The summed E-state index contributed by atoms with van der Waals surface area (Å²) >= 11 is 3.42. The number of halogens is 2. The fourth-order valence-corrected chi connectivity index (χ4v) is 2.61. The Balaban J connectivity index is 2.14. The fourth-order valence-electron chi connectivity index (χ4n) is 2.12. The molecular weight excluding hydrogens is 323 g/mol. The van der Waals surface area contributed by atoms with E-state index >= 15 is 0 Å². The van der Waals surface area contributed by atoms with Crippen molar-refractivity contribution >= 4 is 21.4 Å². The molecule has 3 rings (SSSR count). The molecule has 0 amide bonds. The molecule has 2 aromatic heterocycles. The van der Waals surface area contributed by atoms with Crippen LogP contribution in [0.2, 0.25) is 0 Å². The molecule has 0 fully saturated rings. The minimum absolute atomic E-state index is 0.260. The van der Waals surface area contributed by atoms with E-state index in [1.54, 1.807) is 6.07 Å². The van der Waals surface area contributed by atoms with Crippen LogP contribution in [0.15, 0.2) is 47.2 Å². The highest BCUT2D eigenvalue weighted by atomic mass is 79.9. The van der Waals surface area contributed by atoms with Gasteiger partial charge in [0.25, 0.3) is 0 Å². The molecule has 0 bridgehead atoms. The zero-order valence-electron chi connectivity index (χ0n) is 10.8. The third kappa shape index (κ3) is 2.18. The first kappa shape index (κ1) is 13.1. The Morgan fingerprint density at radius 1 is 1.30 bits per heavy atom. The van der Waals surface area contributed by atoms with E-state index in [1.165, 1.54) is 6.07 Å². The number of hydrogen-bond donors (Lipinski definition) is 0. The molecule has 1 aromatic carbocycles. The second-order valence-electron chi connectivity index (χ2n) is 4.26. The Bertz CT molecular complexity index is 770. The molecule has 102 valence electrons. The van der Waals surface area contributed by atoms with Crippen molar-refractivity contribution in [3.05, 3.63) is 53.0 Å². The molecule has 0 radical (unpaired) electrons. The van der Waals surface area contributed by atoms with Gasteiger partial charge in [0.15, 0.2) is 11.6 Å². The lowest BCUT2D eigenvalue weighted by Crippen LogP contribution is -1.95. The summed E-state index contributed by atoms with van der Waals surface area (Å²) in [6.45, 7) is 2.26. The van der Waals surface area contributed by atoms with Gasteiger partial charge in [-0.2, -0.15) is 0 Å². The molecule has 2 heterocycles. The van der Waals surface area contributed by atoms with Crippen LogP contribution in [0.3, 0.4) is 0 Å². The van der Waals surface area contributed by atoms with Crippen LogP contribution in [0.1, 0.15) is 6.92 Å². The normalized spacial score (nSPS) is 10.9. The molecular formula is C15H12BrFN2O. The van der Waals surface area contributed by atoms with E-state index in [0.717, 1.165) is 10.1 Å². The van der Waals surface area contributed by atoms with Crippen LogP contribution >= 0.6 is 15.9 Å². The lowest BCUT2D eigenvalue weighted by molar-refractivity contribution is 0.321. The number of imidazole rings is 1. The second-order valence-corrected chi connectivity index (χ2v) is 5.01. The quantitative estimate of drug-likeness (QED) is 0.713. The van der Waals surface area contributed by atoms with E-state index < -0.39 is 0 Å². The van der Waals surface area contributed by atoms with Crippen molar-refractivity contribution in [3.63, 3.8) is 0 Å². The number of fused-ring (bicyclic) bond motifs is 1. The van der Waals surface area contributed by atoms with Crippen molar-refractivity contribution in [2.24, 2.45) is 0 Å². The molecule has 0 aliphatic rings. The van der Waals surface area contributed by atoms with E-state index in [4.69, 9.17) is 4.74 Å². The van der Waals surface area contributed by atoms with Gasteiger partial charge in [-0.3, -0.25) is 4.40 Å². The molecule has 0 spiro atoms. The fraction of sp³-hybridized carbons (Fsp3) is 0.133. The van der Waals surface area contributed by atoms with E-state index in [-0.39, 0.29) is 11.6 Å². The minimum atomic E-state index is -0.381. The summed E-state index contributed by atoms with van der Waals surface area (Å²) in [5.74, 6) is 0.568. The van der Waals surface area contributed by atoms with Crippen LogP contribution in [0, 0.1) is 5.82 Å². The number of hydrogen-bond acceptors (Lipinski definition) is 2. The lowest BCUT2D eigenvalue weighted by atomic mass is 10.2. The second kappa shape index (κ2) is 5.25. The zero-order valence-corrected chi connectivity index (χ0v) is 12.4. The first-order valence-corrected chi connectivity index (χ1v) is 7.05. The third-order valence-corrected chi connectivity index (χ3v) is 3.58. The van der Waals surface area contributed by atoms with Gasteiger partial charge in [0, 0.05) is 11.8 Å². The number of nitrogens with zero attached hydrogens (tertiary/aromatic N) is 2. The maximum absolute atomic E-state index is 14.0. The van der Waals surface area contributed by atoms with Crippen LogP contribution in [0.4, 0.5) is 4.39 Å². The number of ether oxygens (including phenoxy) is 1. The number of pyridine rings is 1. The summed E-state index contributed by atoms with van der Waals surface area (Å²) in [5.41, 5.74) is 1.65. The van der Waals surface area contributed by atoms with Gasteiger partial charge in [0.1, 0.15) is 10.4 Å². The van der Waals surface area contributed by atoms with E-state index in [0.29, 0.717) is 18.0 Å². The van der Waals surface area contributed by atoms with E-state index in [9.17, 15) is 4.39 Å². The monoisotopic (exact) mass is 334 g/mol. The molecule has 0 saturated heterocycles. The summed E-state index contributed by atoms with van der Waals surface area (Å²) in [6.07, 6.45) is 1.90. The van der Waals surface area contributed by atoms with Gasteiger partial charge in [-0.1, -0.05) is 6.07 Å². The van der Waals surface area contributed by atoms with Gasteiger partial charge in [-0.15, -0.1) is 0 Å². The van der Waals surface area contributed by atoms with E-state index in [2.05, 4.69) is 20.9 Å². The number of rotatable bonds is 3. The topological polar surface area (TPSA) is 26.5 Å². The molecule has 0 unspecified atom stereocenters. The van der Waals surface area contributed by atoms with Crippen LogP contribution in [0.25, 0.3) is 16.9 Å². The van der Waals surface area contributed by atoms with Crippen molar-refractivity contribution in [3.8, 4) is 17.1 Å². The molecule has 3 nitrogen and oxygen atoms in total. The average molecular weight is 335 g/mol. The number of benzene rings is 1. The highest BCUT2D eigenvalue weighted by Gasteiger charge is 2.12. The van der Waals surface area contributed by atoms with Crippen molar-refractivity contribution in [2.45, 2.75) is 6.92 Å². The van der Waals surface area contributed by atoms with Crippen LogP contribution in [0.5, 0.6) is 5.75 Å². The summed E-state index contributed by atoms with van der Waals surface area (Å²) in [6, 6.07) is 10.7. The van der Waals surface area contributed by atoms with Gasteiger partial charge in [0.2, 0.25) is 0 Å². The first-order chi connectivity index (χ1) is 9.70.